The molecule has 0 aliphatic carbocycles. The van der Waals surface area contributed by atoms with Crippen LogP contribution in [0.4, 0.5) is 11.4 Å². The number of carboxylic acids is 1. The van der Waals surface area contributed by atoms with Gasteiger partial charge in [-0.1, -0.05) is 30.3 Å². The van der Waals surface area contributed by atoms with E-state index < -0.39 is 5.97 Å². The maximum absolute atomic E-state index is 9.00. The SMILES string of the molecule is CC(=N)N1CCCN(c2ccc(NSCc3ccc4ccc(C(=N)N)cc4c3)cc2)CC1.CC(=O)O. The van der Waals surface area contributed by atoms with Crippen LogP contribution in [0.5, 0.6) is 0 Å². The van der Waals surface area contributed by atoms with Crippen molar-refractivity contribution >= 4 is 51.7 Å². The van der Waals surface area contributed by atoms with Crippen LogP contribution in [0.3, 0.4) is 0 Å². The molecule has 0 aromatic heterocycles. The molecule has 0 bridgehead atoms. The Morgan fingerprint density at radius 3 is 2.33 bits per heavy atom. The molecule has 0 radical (unpaired) electrons. The van der Waals surface area contributed by atoms with Crippen LogP contribution < -0.4 is 15.4 Å². The quantitative estimate of drug-likeness (QED) is 0.181. The van der Waals surface area contributed by atoms with Crippen molar-refractivity contribution in [3.8, 4) is 0 Å². The van der Waals surface area contributed by atoms with Crippen LogP contribution in [-0.2, 0) is 10.5 Å². The summed E-state index contributed by atoms with van der Waals surface area (Å²) in [5.41, 5.74) is 9.93. The van der Waals surface area contributed by atoms with E-state index in [9.17, 15) is 0 Å². The second-order valence-corrected chi connectivity index (χ2v) is 9.46. The van der Waals surface area contributed by atoms with E-state index in [-0.39, 0.29) is 5.84 Å². The molecule has 9 heteroatoms. The van der Waals surface area contributed by atoms with Crippen molar-refractivity contribution in [3.63, 3.8) is 0 Å². The van der Waals surface area contributed by atoms with Crippen LogP contribution >= 0.6 is 11.9 Å². The van der Waals surface area contributed by atoms with Crippen molar-refractivity contribution in [1.82, 2.24) is 4.90 Å². The minimum atomic E-state index is -0.833. The molecule has 3 aromatic rings. The number of nitrogens with one attached hydrogen (secondary N) is 3. The number of hydrogen-bond donors (Lipinski definition) is 5. The second kappa shape index (κ2) is 12.8. The number of nitrogens with zero attached hydrogens (tertiary/aromatic N) is 2. The number of nitrogen functional groups attached to an aromatic ring is 1. The first-order valence-corrected chi connectivity index (χ1v) is 12.8. The van der Waals surface area contributed by atoms with Crippen molar-refractivity contribution in [2.75, 3.05) is 35.8 Å². The summed E-state index contributed by atoms with van der Waals surface area (Å²) in [7, 11) is 0. The van der Waals surface area contributed by atoms with E-state index >= 15 is 0 Å². The topological polar surface area (TPSA) is 130 Å². The highest BCUT2D eigenvalue weighted by molar-refractivity contribution is 7.99. The summed E-state index contributed by atoms with van der Waals surface area (Å²) >= 11 is 1.67. The van der Waals surface area contributed by atoms with E-state index in [1.54, 1.807) is 11.9 Å². The first kappa shape index (κ1) is 26.9. The normalized spacial score (nSPS) is 13.4. The zero-order chi connectivity index (χ0) is 26.1. The molecular formula is C27H34N6O2S. The largest absolute Gasteiger partial charge is 0.481 e. The third-order valence-electron chi connectivity index (χ3n) is 5.85. The fourth-order valence-corrected chi connectivity index (χ4v) is 4.73. The number of rotatable bonds is 6. The first-order chi connectivity index (χ1) is 17.2. The molecule has 190 valence electrons. The van der Waals surface area contributed by atoms with Gasteiger partial charge in [0.25, 0.3) is 5.97 Å². The third-order valence-corrected chi connectivity index (χ3v) is 6.70. The number of nitrogens with two attached hydrogens (primary N) is 1. The summed E-state index contributed by atoms with van der Waals surface area (Å²) in [4.78, 5) is 13.6. The van der Waals surface area contributed by atoms with Crippen LogP contribution in [0.1, 0.15) is 31.4 Å². The van der Waals surface area contributed by atoms with E-state index in [4.69, 9.17) is 26.5 Å². The Labute approximate surface area is 216 Å². The minimum Gasteiger partial charge on any atom is -0.481 e. The number of hydrogen-bond acceptors (Lipinski definition) is 6. The van der Waals surface area contributed by atoms with Crippen LogP contribution in [-0.4, -0.2) is 53.8 Å². The molecular weight excluding hydrogens is 472 g/mol. The van der Waals surface area contributed by atoms with Crippen LogP contribution in [0.25, 0.3) is 10.8 Å². The van der Waals surface area contributed by atoms with Gasteiger partial charge in [0.15, 0.2) is 0 Å². The number of fused-ring (bicyclic) bond motifs is 1. The molecule has 0 spiro atoms. The predicted octanol–water partition coefficient (Wildman–Crippen LogP) is 4.98. The summed E-state index contributed by atoms with van der Waals surface area (Å²) in [6, 6.07) is 20.9. The summed E-state index contributed by atoms with van der Waals surface area (Å²) in [6.45, 7) is 6.80. The van der Waals surface area contributed by atoms with Gasteiger partial charge >= 0.3 is 0 Å². The molecule has 0 amide bonds. The summed E-state index contributed by atoms with van der Waals surface area (Å²) in [6.07, 6.45) is 1.08. The number of anilines is 2. The fourth-order valence-electron chi connectivity index (χ4n) is 4.01. The summed E-state index contributed by atoms with van der Waals surface area (Å²) in [5.74, 6) is 0.765. The molecule has 3 aromatic carbocycles. The number of carbonyl (C=O) groups is 1. The Balaban J connectivity index is 0.000000840. The number of carboxylic acid groups (broad SMARTS) is 1. The lowest BCUT2D eigenvalue weighted by Crippen LogP contribution is -2.33. The molecule has 1 fully saturated rings. The maximum atomic E-state index is 9.00. The van der Waals surface area contributed by atoms with Gasteiger partial charge < -0.3 is 25.4 Å². The van der Waals surface area contributed by atoms with Gasteiger partial charge in [-0.05, 0) is 72.0 Å². The lowest BCUT2D eigenvalue weighted by atomic mass is 10.0. The molecule has 8 nitrogen and oxygen atoms in total. The van der Waals surface area contributed by atoms with E-state index in [2.05, 4.69) is 57.0 Å². The molecule has 6 N–H and O–H groups in total. The van der Waals surface area contributed by atoms with Crippen molar-refractivity contribution in [1.29, 1.82) is 10.8 Å². The smallest absolute Gasteiger partial charge is 0.300 e. The molecule has 1 heterocycles. The third kappa shape index (κ3) is 7.91. The number of aliphatic carboxylic acids is 1. The molecule has 4 rings (SSSR count). The molecule has 0 unspecified atom stereocenters. The van der Waals surface area contributed by atoms with Crippen molar-refractivity contribution in [2.24, 2.45) is 5.73 Å². The molecule has 0 atom stereocenters. The predicted molar refractivity (Wildman–Crippen MR) is 151 cm³/mol. The molecule has 0 saturated carbocycles. The average molecular weight is 507 g/mol. The van der Waals surface area contributed by atoms with Gasteiger partial charge in [-0.15, -0.1) is 0 Å². The van der Waals surface area contributed by atoms with E-state index in [1.807, 2.05) is 25.1 Å². The lowest BCUT2D eigenvalue weighted by Gasteiger charge is -2.24. The van der Waals surface area contributed by atoms with Gasteiger partial charge in [0.2, 0.25) is 0 Å². The van der Waals surface area contributed by atoms with Gasteiger partial charge in [-0.3, -0.25) is 15.6 Å². The highest BCUT2D eigenvalue weighted by Gasteiger charge is 2.15. The minimum absolute atomic E-state index is 0.0964. The van der Waals surface area contributed by atoms with Crippen molar-refractivity contribution in [3.05, 3.63) is 71.8 Å². The Bertz CT molecular complexity index is 1210. The Morgan fingerprint density at radius 1 is 0.972 bits per heavy atom. The molecule has 1 saturated heterocycles. The van der Waals surface area contributed by atoms with Gasteiger partial charge in [0, 0.05) is 55.8 Å². The van der Waals surface area contributed by atoms with Crippen LogP contribution in [0, 0.1) is 10.8 Å². The highest BCUT2D eigenvalue weighted by atomic mass is 32.2. The Hall–Kier alpha value is -3.72. The standard InChI is InChI=1S/C25H30N6S.C2H4O2/c1-18(26)30-11-2-12-31(14-13-30)24-9-7-23(8-10-24)29-32-17-19-3-4-20-5-6-21(25(27)28)16-22(20)15-19;1-2(3)4/h3-10,15-16,26,29H,2,11-14,17H2,1H3,(H3,27,28);1H3,(H,3,4). The number of amidine groups is 2. The van der Waals surface area contributed by atoms with E-state index in [0.717, 1.165) is 67.3 Å². The Morgan fingerprint density at radius 2 is 1.67 bits per heavy atom. The zero-order valence-corrected chi connectivity index (χ0v) is 21.6. The summed E-state index contributed by atoms with van der Waals surface area (Å²) < 4.78 is 3.44. The number of benzene rings is 3. The van der Waals surface area contributed by atoms with Gasteiger partial charge in [0.05, 0.1) is 5.84 Å². The molecule has 1 aliphatic rings. The Kier molecular flexibility index (Phi) is 9.58. The second-order valence-electron chi connectivity index (χ2n) is 8.68. The van der Waals surface area contributed by atoms with Gasteiger partial charge in [-0.2, -0.15) is 0 Å². The van der Waals surface area contributed by atoms with Gasteiger partial charge in [-0.25, -0.2) is 0 Å². The van der Waals surface area contributed by atoms with Crippen molar-refractivity contribution < 1.29 is 9.90 Å². The van der Waals surface area contributed by atoms with Gasteiger partial charge in [0.1, 0.15) is 5.84 Å². The highest BCUT2D eigenvalue weighted by Crippen LogP contribution is 2.24. The summed E-state index contributed by atoms with van der Waals surface area (Å²) in [5, 5.41) is 25.2. The average Bonchev–Trinajstić information content (AvgIpc) is 3.10. The molecule has 36 heavy (non-hydrogen) atoms. The van der Waals surface area contributed by atoms with Crippen molar-refractivity contribution in [2.45, 2.75) is 26.0 Å². The lowest BCUT2D eigenvalue weighted by molar-refractivity contribution is -0.134. The fraction of sp³-hybridized carbons (Fsp3) is 0.296. The first-order valence-electron chi connectivity index (χ1n) is 11.8. The molecule has 1 aliphatic heterocycles. The van der Waals surface area contributed by atoms with Crippen LogP contribution in [0.2, 0.25) is 0 Å². The monoisotopic (exact) mass is 506 g/mol. The maximum Gasteiger partial charge on any atom is 0.300 e. The van der Waals surface area contributed by atoms with E-state index in [0.29, 0.717) is 5.84 Å². The van der Waals surface area contributed by atoms with E-state index in [1.165, 1.54) is 11.3 Å². The van der Waals surface area contributed by atoms with Crippen LogP contribution in [0.15, 0.2) is 60.7 Å². The zero-order valence-electron chi connectivity index (χ0n) is 20.8.